The fourth-order valence-electron chi connectivity index (χ4n) is 1.80. The quantitative estimate of drug-likeness (QED) is 0.652. The van der Waals surface area contributed by atoms with Gasteiger partial charge in [-0.25, -0.2) is 0 Å². The Hall–Kier alpha value is -0.570. The van der Waals surface area contributed by atoms with E-state index in [1.54, 1.807) is 7.05 Å². The number of carbonyl (C=O) groups is 1. The van der Waals surface area contributed by atoms with E-state index in [9.17, 15) is 4.79 Å². The summed E-state index contributed by atoms with van der Waals surface area (Å²) >= 11 is 0. The van der Waals surface area contributed by atoms with E-state index in [0.717, 1.165) is 12.8 Å². The monoisotopic (exact) mass is 242 g/mol. The first-order chi connectivity index (χ1) is 7.95. The van der Waals surface area contributed by atoms with Gasteiger partial charge in [-0.15, -0.1) is 0 Å². The van der Waals surface area contributed by atoms with Gasteiger partial charge in [-0.3, -0.25) is 4.79 Å². The molecule has 2 N–H and O–H groups in total. The number of hydrogen-bond acceptors (Lipinski definition) is 2. The molecule has 0 bridgehead atoms. The van der Waals surface area contributed by atoms with Crippen molar-refractivity contribution in [1.29, 1.82) is 0 Å². The first kappa shape index (κ1) is 16.4. The third kappa shape index (κ3) is 10.3. The van der Waals surface area contributed by atoms with Crippen LogP contribution in [0.25, 0.3) is 0 Å². The molecule has 3 nitrogen and oxygen atoms in total. The summed E-state index contributed by atoms with van der Waals surface area (Å²) in [5, 5.41) is 6.02. The van der Waals surface area contributed by atoms with Gasteiger partial charge in [0.1, 0.15) is 0 Å². The minimum atomic E-state index is 0.116. The highest BCUT2D eigenvalue weighted by molar-refractivity contribution is 5.78. The average Bonchev–Trinajstić information content (AvgIpc) is 2.22. The first-order valence-electron chi connectivity index (χ1n) is 6.89. The zero-order chi connectivity index (χ0) is 13.3. The molecule has 0 saturated heterocycles. The maximum absolute atomic E-state index is 11.6. The van der Waals surface area contributed by atoms with E-state index in [0.29, 0.717) is 24.4 Å². The van der Waals surface area contributed by atoms with Gasteiger partial charge in [0.05, 0.1) is 6.54 Å². The Labute approximate surface area is 107 Å². The minimum Gasteiger partial charge on any atom is -0.352 e. The Balaban J connectivity index is 4.04. The predicted molar refractivity (Wildman–Crippen MR) is 74.0 cm³/mol. The van der Waals surface area contributed by atoms with Crippen LogP contribution in [0.4, 0.5) is 0 Å². The van der Waals surface area contributed by atoms with E-state index < -0.39 is 0 Å². The van der Waals surface area contributed by atoms with Gasteiger partial charge >= 0.3 is 0 Å². The number of amides is 1. The molecule has 0 aliphatic carbocycles. The van der Waals surface area contributed by atoms with Gasteiger partial charge < -0.3 is 10.6 Å². The van der Waals surface area contributed by atoms with Crippen molar-refractivity contribution < 1.29 is 4.79 Å². The lowest BCUT2D eigenvalue weighted by Crippen LogP contribution is -2.40. The van der Waals surface area contributed by atoms with E-state index >= 15 is 0 Å². The number of likely N-dealkylation sites (N-methyl/N-ethyl adjacent to an activating group) is 1. The van der Waals surface area contributed by atoms with Crippen LogP contribution in [0.15, 0.2) is 0 Å². The number of carbonyl (C=O) groups excluding carboxylic acids is 1. The standard InChI is InChI=1S/C14H30N2O/c1-11(2)6-8-13(9-7-12(3)4)16-14(17)10-15-5/h11-13,15H,6-10H2,1-5H3,(H,16,17). The highest BCUT2D eigenvalue weighted by Gasteiger charge is 2.13. The smallest absolute Gasteiger partial charge is 0.234 e. The van der Waals surface area contributed by atoms with Crippen molar-refractivity contribution in [3.63, 3.8) is 0 Å². The molecule has 1 amide bonds. The molecule has 0 aromatic heterocycles. The Morgan fingerprint density at radius 2 is 1.41 bits per heavy atom. The summed E-state index contributed by atoms with van der Waals surface area (Å²) in [7, 11) is 1.80. The van der Waals surface area contributed by atoms with Gasteiger partial charge in [0, 0.05) is 6.04 Å². The van der Waals surface area contributed by atoms with Gasteiger partial charge in [-0.1, -0.05) is 27.7 Å². The number of rotatable bonds is 9. The van der Waals surface area contributed by atoms with E-state index in [4.69, 9.17) is 0 Å². The third-order valence-corrected chi connectivity index (χ3v) is 2.89. The first-order valence-corrected chi connectivity index (χ1v) is 6.89. The molecule has 0 heterocycles. The average molecular weight is 242 g/mol. The topological polar surface area (TPSA) is 41.1 Å². The minimum absolute atomic E-state index is 0.116. The predicted octanol–water partition coefficient (Wildman–Crippen LogP) is 2.56. The lowest BCUT2D eigenvalue weighted by molar-refractivity contribution is -0.121. The van der Waals surface area contributed by atoms with Crippen molar-refractivity contribution in [2.45, 2.75) is 59.4 Å². The summed E-state index contributed by atoms with van der Waals surface area (Å²) in [6.45, 7) is 9.34. The maximum Gasteiger partial charge on any atom is 0.234 e. The van der Waals surface area contributed by atoms with Crippen molar-refractivity contribution in [3.8, 4) is 0 Å². The summed E-state index contributed by atoms with van der Waals surface area (Å²) in [5.41, 5.74) is 0. The van der Waals surface area contributed by atoms with Gasteiger partial charge in [-0.05, 0) is 44.6 Å². The maximum atomic E-state index is 11.6. The van der Waals surface area contributed by atoms with E-state index in [-0.39, 0.29) is 5.91 Å². The molecule has 102 valence electrons. The molecule has 0 aliphatic rings. The molecule has 0 atom stereocenters. The van der Waals surface area contributed by atoms with Crippen LogP contribution in [-0.4, -0.2) is 25.5 Å². The van der Waals surface area contributed by atoms with Crippen molar-refractivity contribution >= 4 is 5.91 Å². The zero-order valence-electron chi connectivity index (χ0n) is 12.2. The molecule has 17 heavy (non-hydrogen) atoms. The molecule has 0 rings (SSSR count). The zero-order valence-corrected chi connectivity index (χ0v) is 12.2. The Bertz CT molecular complexity index is 190. The van der Waals surface area contributed by atoms with Crippen LogP contribution >= 0.6 is 0 Å². The SMILES string of the molecule is CNCC(=O)NC(CCC(C)C)CCC(C)C. The van der Waals surface area contributed by atoms with Crippen LogP contribution in [0.1, 0.15) is 53.4 Å². The van der Waals surface area contributed by atoms with Crippen LogP contribution in [0.5, 0.6) is 0 Å². The van der Waals surface area contributed by atoms with Crippen molar-refractivity contribution in [1.82, 2.24) is 10.6 Å². The second kappa shape index (κ2) is 9.46. The summed E-state index contributed by atoms with van der Waals surface area (Å²) in [5.74, 6) is 1.53. The second-order valence-electron chi connectivity index (χ2n) is 5.74. The van der Waals surface area contributed by atoms with Crippen LogP contribution in [0.3, 0.4) is 0 Å². The fourth-order valence-corrected chi connectivity index (χ4v) is 1.80. The van der Waals surface area contributed by atoms with Gasteiger partial charge in [0.2, 0.25) is 5.91 Å². The van der Waals surface area contributed by atoms with Crippen LogP contribution in [0.2, 0.25) is 0 Å². The van der Waals surface area contributed by atoms with Crippen LogP contribution in [0, 0.1) is 11.8 Å². The summed E-state index contributed by atoms with van der Waals surface area (Å²) < 4.78 is 0. The Morgan fingerprint density at radius 1 is 0.941 bits per heavy atom. The Morgan fingerprint density at radius 3 is 1.76 bits per heavy atom. The molecule has 0 aromatic carbocycles. The molecule has 0 fully saturated rings. The van der Waals surface area contributed by atoms with Crippen molar-refractivity contribution in [2.75, 3.05) is 13.6 Å². The summed E-state index contributed by atoms with van der Waals surface area (Å²) in [6, 6.07) is 0.348. The fraction of sp³-hybridized carbons (Fsp3) is 0.929. The highest BCUT2D eigenvalue weighted by Crippen LogP contribution is 2.14. The molecule has 0 spiro atoms. The molecule has 0 saturated carbocycles. The van der Waals surface area contributed by atoms with E-state index in [2.05, 4.69) is 38.3 Å². The van der Waals surface area contributed by atoms with E-state index in [1.165, 1.54) is 12.8 Å². The Kier molecular flexibility index (Phi) is 9.14. The normalized spacial score (nSPS) is 11.5. The largest absolute Gasteiger partial charge is 0.352 e. The van der Waals surface area contributed by atoms with Crippen LogP contribution < -0.4 is 10.6 Å². The highest BCUT2D eigenvalue weighted by atomic mass is 16.1. The molecule has 0 radical (unpaired) electrons. The van der Waals surface area contributed by atoms with Gasteiger partial charge in [-0.2, -0.15) is 0 Å². The van der Waals surface area contributed by atoms with Gasteiger partial charge in [0.15, 0.2) is 0 Å². The lowest BCUT2D eigenvalue weighted by atomic mass is 9.97. The third-order valence-electron chi connectivity index (χ3n) is 2.89. The van der Waals surface area contributed by atoms with Crippen LogP contribution in [-0.2, 0) is 4.79 Å². The molecule has 0 unspecified atom stereocenters. The lowest BCUT2D eigenvalue weighted by Gasteiger charge is -2.20. The molecule has 0 aromatic rings. The molecular weight excluding hydrogens is 212 g/mol. The van der Waals surface area contributed by atoms with Crippen molar-refractivity contribution in [2.24, 2.45) is 11.8 Å². The molecular formula is C14H30N2O. The number of hydrogen-bond donors (Lipinski definition) is 2. The molecule has 0 aliphatic heterocycles. The van der Waals surface area contributed by atoms with Gasteiger partial charge in [0.25, 0.3) is 0 Å². The summed E-state index contributed by atoms with van der Waals surface area (Å²) in [6.07, 6.45) is 4.56. The van der Waals surface area contributed by atoms with Crippen molar-refractivity contribution in [3.05, 3.63) is 0 Å². The summed E-state index contributed by atoms with van der Waals surface area (Å²) in [4.78, 5) is 11.6. The number of nitrogens with one attached hydrogen (secondary N) is 2. The molecule has 3 heteroatoms. The van der Waals surface area contributed by atoms with E-state index in [1.807, 2.05) is 0 Å². The second-order valence-corrected chi connectivity index (χ2v) is 5.74.